The maximum Gasteiger partial charge on any atom is 0.355 e. The molecular weight excluding hydrogens is 549 g/mol. The SMILES string of the molecule is C=CC(=O)N1CCN(c2nc(=O)n(-c3ccccc3C(C)C)c3nc(-c4cc(N)ncc4Cl)c(Cl)cc23)[C@@H](C)C1. The first-order valence-corrected chi connectivity index (χ1v) is 13.7. The van der Waals surface area contributed by atoms with Gasteiger partial charge in [-0.2, -0.15) is 4.98 Å². The second-order valence-electron chi connectivity index (χ2n) is 10.1. The first-order valence-electron chi connectivity index (χ1n) is 12.9. The molecule has 11 heteroatoms. The first kappa shape index (κ1) is 27.6. The summed E-state index contributed by atoms with van der Waals surface area (Å²) < 4.78 is 1.52. The van der Waals surface area contributed by atoms with Crippen LogP contribution in [0.3, 0.4) is 0 Å². The number of halogens is 2. The molecule has 206 valence electrons. The lowest BCUT2D eigenvalue weighted by molar-refractivity contribution is -0.126. The molecule has 5 rings (SSSR count). The quantitative estimate of drug-likeness (QED) is 0.329. The molecule has 40 heavy (non-hydrogen) atoms. The number of anilines is 2. The summed E-state index contributed by atoms with van der Waals surface area (Å²) in [6, 6.07) is 10.9. The number of carbonyl (C=O) groups excluding carboxylic acids is 1. The van der Waals surface area contributed by atoms with Crippen molar-refractivity contribution >= 4 is 51.8 Å². The zero-order chi connectivity index (χ0) is 28.7. The van der Waals surface area contributed by atoms with Crippen molar-refractivity contribution in [2.45, 2.75) is 32.7 Å². The molecule has 0 spiro atoms. The number of piperazine rings is 1. The molecule has 0 saturated carbocycles. The molecule has 2 N–H and O–H groups in total. The number of fused-ring (bicyclic) bond motifs is 1. The number of aromatic nitrogens is 4. The third-order valence-corrected chi connectivity index (χ3v) is 7.71. The van der Waals surface area contributed by atoms with Crippen molar-refractivity contribution in [3.05, 3.63) is 81.3 Å². The number of rotatable bonds is 5. The molecule has 1 fully saturated rings. The van der Waals surface area contributed by atoms with E-state index in [4.69, 9.17) is 33.9 Å². The smallest absolute Gasteiger partial charge is 0.355 e. The molecule has 0 radical (unpaired) electrons. The van der Waals surface area contributed by atoms with Crippen LogP contribution in [0.4, 0.5) is 11.6 Å². The summed E-state index contributed by atoms with van der Waals surface area (Å²) in [5.41, 5.74) is 8.38. The highest BCUT2D eigenvalue weighted by Gasteiger charge is 2.30. The van der Waals surface area contributed by atoms with Crippen LogP contribution in [0.25, 0.3) is 28.0 Å². The van der Waals surface area contributed by atoms with Gasteiger partial charge >= 0.3 is 5.69 Å². The van der Waals surface area contributed by atoms with Crippen LogP contribution in [0.1, 0.15) is 32.3 Å². The van der Waals surface area contributed by atoms with E-state index in [1.54, 1.807) is 17.0 Å². The van der Waals surface area contributed by atoms with E-state index >= 15 is 0 Å². The number of hydrogen-bond acceptors (Lipinski definition) is 7. The van der Waals surface area contributed by atoms with Crippen LogP contribution < -0.4 is 16.3 Å². The van der Waals surface area contributed by atoms with Gasteiger partial charge in [-0.3, -0.25) is 4.79 Å². The fourth-order valence-electron chi connectivity index (χ4n) is 5.15. The Kier molecular flexibility index (Phi) is 7.53. The molecule has 0 unspecified atom stereocenters. The average Bonchev–Trinajstić information content (AvgIpc) is 2.93. The number of para-hydroxylation sites is 1. The maximum atomic E-state index is 13.9. The Hall–Kier alpha value is -3.95. The van der Waals surface area contributed by atoms with Gasteiger partial charge in [-0.1, -0.05) is 61.8 Å². The molecule has 1 aliphatic heterocycles. The highest BCUT2D eigenvalue weighted by atomic mass is 35.5. The number of amides is 1. The molecule has 1 aromatic carbocycles. The van der Waals surface area contributed by atoms with Gasteiger partial charge in [0.1, 0.15) is 11.6 Å². The van der Waals surface area contributed by atoms with Gasteiger partial charge in [0, 0.05) is 37.4 Å². The van der Waals surface area contributed by atoms with Crippen LogP contribution in [0, 0.1) is 0 Å². The molecule has 9 nitrogen and oxygen atoms in total. The summed E-state index contributed by atoms with van der Waals surface area (Å²) in [5.74, 6) is 0.719. The number of nitrogens with zero attached hydrogens (tertiary/aromatic N) is 6. The Morgan fingerprint density at radius 3 is 2.60 bits per heavy atom. The van der Waals surface area contributed by atoms with E-state index < -0.39 is 5.69 Å². The lowest BCUT2D eigenvalue weighted by atomic mass is 10.0. The van der Waals surface area contributed by atoms with Crippen LogP contribution in [-0.4, -0.2) is 56.0 Å². The molecule has 4 heterocycles. The van der Waals surface area contributed by atoms with Crippen molar-refractivity contribution in [1.82, 2.24) is 24.4 Å². The fourth-order valence-corrected chi connectivity index (χ4v) is 5.59. The number of nitrogen functional groups attached to an aromatic ring is 1. The normalized spacial score (nSPS) is 15.6. The third kappa shape index (κ3) is 4.91. The summed E-state index contributed by atoms with van der Waals surface area (Å²) in [4.78, 5) is 43.4. The van der Waals surface area contributed by atoms with Gasteiger partial charge in [0.25, 0.3) is 0 Å². The second-order valence-corrected chi connectivity index (χ2v) is 10.9. The van der Waals surface area contributed by atoms with Gasteiger partial charge in [-0.25, -0.2) is 19.3 Å². The second kappa shape index (κ2) is 10.9. The molecular formula is C29H29Cl2N7O2. The fraction of sp³-hybridized carbons (Fsp3) is 0.276. The van der Waals surface area contributed by atoms with E-state index in [1.165, 1.54) is 16.8 Å². The molecule has 1 aliphatic rings. The van der Waals surface area contributed by atoms with E-state index in [-0.39, 0.29) is 23.7 Å². The van der Waals surface area contributed by atoms with Gasteiger partial charge in [0.15, 0.2) is 5.65 Å². The minimum atomic E-state index is -0.478. The topological polar surface area (TPSA) is 110 Å². The molecule has 1 amide bonds. The van der Waals surface area contributed by atoms with Crippen molar-refractivity contribution < 1.29 is 4.79 Å². The molecule has 0 aliphatic carbocycles. The van der Waals surface area contributed by atoms with Crippen LogP contribution in [0.15, 0.2) is 60.0 Å². The van der Waals surface area contributed by atoms with E-state index in [2.05, 4.69) is 30.4 Å². The zero-order valence-corrected chi connectivity index (χ0v) is 23.9. The number of carbonyl (C=O) groups is 1. The highest BCUT2D eigenvalue weighted by molar-refractivity contribution is 6.36. The molecule has 4 aromatic rings. The number of nitrogens with two attached hydrogens (primary N) is 1. The first-order chi connectivity index (χ1) is 19.1. The summed E-state index contributed by atoms with van der Waals surface area (Å²) in [5, 5.41) is 1.24. The monoisotopic (exact) mass is 577 g/mol. The van der Waals surface area contributed by atoms with Gasteiger partial charge in [-0.15, -0.1) is 0 Å². The van der Waals surface area contributed by atoms with Crippen LogP contribution in [0.5, 0.6) is 0 Å². The number of hydrogen-bond donors (Lipinski definition) is 1. The predicted molar refractivity (Wildman–Crippen MR) is 160 cm³/mol. The molecule has 1 atom stereocenters. The van der Waals surface area contributed by atoms with E-state index in [0.29, 0.717) is 63.5 Å². The number of pyridine rings is 2. The van der Waals surface area contributed by atoms with Crippen molar-refractivity contribution in [3.63, 3.8) is 0 Å². The molecule has 0 bridgehead atoms. The lowest BCUT2D eigenvalue weighted by Gasteiger charge is -2.40. The van der Waals surface area contributed by atoms with Gasteiger partial charge in [-0.05, 0) is 42.7 Å². The standard InChI is InChI=1S/C29H29Cl2N7O2/c1-5-25(39)36-10-11-37(17(4)15-36)27-20-12-21(30)26(19-13-24(32)33-14-22(19)31)34-28(20)38(29(40)35-27)23-9-7-6-8-18(23)16(2)3/h5-9,12-14,16-17H,1,10-11,15H2,2-4H3,(H2,32,33)/t17-/m0/s1. The summed E-state index contributed by atoms with van der Waals surface area (Å²) in [7, 11) is 0. The molecule has 3 aromatic heterocycles. The van der Waals surface area contributed by atoms with Gasteiger partial charge in [0.05, 0.1) is 26.8 Å². The van der Waals surface area contributed by atoms with Crippen molar-refractivity contribution in [2.24, 2.45) is 0 Å². The largest absolute Gasteiger partial charge is 0.384 e. The van der Waals surface area contributed by atoms with Gasteiger partial charge < -0.3 is 15.5 Å². The summed E-state index contributed by atoms with van der Waals surface area (Å²) >= 11 is 13.3. The predicted octanol–water partition coefficient (Wildman–Crippen LogP) is 5.08. The summed E-state index contributed by atoms with van der Waals surface area (Å²) in [6.07, 6.45) is 2.75. The lowest BCUT2D eigenvalue weighted by Crippen LogP contribution is -2.54. The Balaban J connectivity index is 1.80. The Morgan fingerprint density at radius 2 is 1.90 bits per heavy atom. The van der Waals surface area contributed by atoms with Crippen LogP contribution >= 0.6 is 23.2 Å². The Labute approximate surface area is 241 Å². The van der Waals surface area contributed by atoms with Crippen LogP contribution in [-0.2, 0) is 4.79 Å². The summed E-state index contributed by atoms with van der Waals surface area (Å²) in [6.45, 7) is 11.1. The van der Waals surface area contributed by atoms with E-state index in [1.807, 2.05) is 36.1 Å². The number of benzene rings is 1. The minimum Gasteiger partial charge on any atom is -0.384 e. The Morgan fingerprint density at radius 1 is 1.15 bits per heavy atom. The average molecular weight is 579 g/mol. The maximum absolute atomic E-state index is 13.9. The highest BCUT2D eigenvalue weighted by Crippen LogP contribution is 2.37. The van der Waals surface area contributed by atoms with Gasteiger partial charge in [0.2, 0.25) is 5.91 Å². The third-order valence-electron chi connectivity index (χ3n) is 7.12. The molecule has 1 saturated heterocycles. The van der Waals surface area contributed by atoms with E-state index in [0.717, 1.165) is 5.56 Å². The van der Waals surface area contributed by atoms with Crippen molar-refractivity contribution in [3.8, 4) is 16.9 Å². The van der Waals surface area contributed by atoms with Crippen molar-refractivity contribution in [1.29, 1.82) is 0 Å². The van der Waals surface area contributed by atoms with Crippen molar-refractivity contribution in [2.75, 3.05) is 30.3 Å². The van der Waals surface area contributed by atoms with E-state index in [9.17, 15) is 9.59 Å². The Bertz CT molecular complexity index is 1700. The minimum absolute atomic E-state index is 0.126. The van der Waals surface area contributed by atoms with Crippen LogP contribution in [0.2, 0.25) is 10.0 Å². The zero-order valence-electron chi connectivity index (χ0n) is 22.4.